The predicted molar refractivity (Wildman–Crippen MR) is 99.5 cm³/mol. The number of anilines is 1. The summed E-state index contributed by atoms with van der Waals surface area (Å²) < 4.78 is 10.4. The molecule has 1 aromatic carbocycles. The molecule has 25 heavy (non-hydrogen) atoms. The van der Waals surface area contributed by atoms with Gasteiger partial charge in [-0.2, -0.15) is 0 Å². The molecule has 1 fully saturated rings. The number of benzene rings is 1. The first kappa shape index (κ1) is 19.1. The van der Waals surface area contributed by atoms with E-state index in [1.165, 1.54) is 18.9 Å². The van der Waals surface area contributed by atoms with Crippen LogP contribution in [0.15, 0.2) is 23.2 Å². The molecule has 0 aliphatic carbocycles. The third-order valence-electron chi connectivity index (χ3n) is 3.74. The van der Waals surface area contributed by atoms with E-state index < -0.39 is 5.25 Å². The van der Waals surface area contributed by atoms with Crippen molar-refractivity contribution < 1.29 is 19.1 Å². The lowest BCUT2D eigenvalue weighted by Gasteiger charge is -2.11. The average molecular weight is 365 g/mol. The minimum absolute atomic E-state index is 0.0738. The number of nitrogens with zero attached hydrogens (tertiary/aromatic N) is 1. The Labute approximate surface area is 151 Å². The summed E-state index contributed by atoms with van der Waals surface area (Å²) in [6.45, 7) is 4.01. The van der Waals surface area contributed by atoms with Crippen LogP contribution < -0.4 is 20.1 Å². The summed E-state index contributed by atoms with van der Waals surface area (Å²) in [5, 5.41) is 5.62. The number of carbonyl (C=O) groups is 2. The first-order valence-electron chi connectivity index (χ1n) is 8.04. The zero-order valence-corrected chi connectivity index (χ0v) is 15.6. The number of hydrogen-bond donors (Lipinski definition) is 2. The molecule has 0 bridgehead atoms. The Morgan fingerprint density at radius 3 is 2.72 bits per heavy atom. The molecular weight excluding hydrogens is 342 g/mol. The van der Waals surface area contributed by atoms with Crippen LogP contribution in [0.1, 0.15) is 26.7 Å². The van der Waals surface area contributed by atoms with Crippen LogP contribution in [0, 0.1) is 0 Å². The molecule has 1 aromatic rings. The number of nitrogens with one attached hydrogen (secondary N) is 2. The highest BCUT2D eigenvalue weighted by Crippen LogP contribution is 2.30. The van der Waals surface area contributed by atoms with Crippen molar-refractivity contribution in [3.63, 3.8) is 0 Å². The number of amides is 2. The van der Waals surface area contributed by atoms with Crippen molar-refractivity contribution >= 4 is 34.4 Å². The SMILES string of the molecule is CC[C@H](C)N=C1NC(=O)[C@@H](CC(=O)Nc2ccc(OC)c(OC)c2)S1. The van der Waals surface area contributed by atoms with E-state index in [9.17, 15) is 9.59 Å². The van der Waals surface area contributed by atoms with Crippen LogP contribution >= 0.6 is 11.8 Å². The minimum atomic E-state index is -0.469. The van der Waals surface area contributed by atoms with Crippen LogP contribution in [0.3, 0.4) is 0 Å². The smallest absolute Gasteiger partial charge is 0.240 e. The Hall–Kier alpha value is -2.22. The number of methoxy groups -OCH3 is 2. The van der Waals surface area contributed by atoms with Crippen LogP contribution in [-0.4, -0.2) is 42.5 Å². The standard InChI is InChI=1S/C17H23N3O4S/c1-5-10(2)18-17-20-16(22)14(25-17)9-15(21)19-11-6-7-12(23-3)13(8-11)24-4/h6-8,10,14H,5,9H2,1-4H3,(H,19,21)(H,18,20,22)/t10-,14+/m0/s1. The molecule has 0 saturated carbocycles. The summed E-state index contributed by atoms with van der Waals surface area (Å²) in [7, 11) is 3.08. The Balaban J connectivity index is 1.96. The fraction of sp³-hybridized carbons (Fsp3) is 0.471. The first-order valence-corrected chi connectivity index (χ1v) is 8.92. The van der Waals surface area contributed by atoms with Crippen LogP contribution in [0.4, 0.5) is 5.69 Å². The van der Waals surface area contributed by atoms with E-state index in [0.717, 1.165) is 6.42 Å². The van der Waals surface area contributed by atoms with Crippen molar-refractivity contribution in [2.45, 2.75) is 38.0 Å². The predicted octanol–water partition coefficient (Wildman–Crippen LogP) is 2.42. The first-order chi connectivity index (χ1) is 12.0. The lowest BCUT2D eigenvalue weighted by molar-refractivity contribution is -0.122. The van der Waals surface area contributed by atoms with Gasteiger partial charge in [-0.15, -0.1) is 0 Å². The van der Waals surface area contributed by atoms with Gasteiger partial charge in [0.2, 0.25) is 11.8 Å². The van der Waals surface area contributed by atoms with Gasteiger partial charge in [-0.3, -0.25) is 14.6 Å². The van der Waals surface area contributed by atoms with Gasteiger partial charge in [-0.05, 0) is 25.5 Å². The van der Waals surface area contributed by atoms with Gasteiger partial charge >= 0.3 is 0 Å². The summed E-state index contributed by atoms with van der Waals surface area (Å²) in [6.07, 6.45) is 0.967. The van der Waals surface area contributed by atoms with Crippen molar-refractivity contribution in [1.29, 1.82) is 0 Å². The lowest BCUT2D eigenvalue weighted by atomic mass is 10.2. The fourth-order valence-electron chi connectivity index (χ4n) is 2.19. The second-order valence-electron chi connectivity index (χ2n) is 5.61. The van der Waals surface area contributed by atoms with Gasteiger partial charge in [0.05, 0.1) is 14.2 Å². The summed E-state index contributed by atoms with van der Waals surface area (Å²) >= 11 is 1.30. The quantitative estimate of drug-likeness (QED) is 0.775. The number of amidine groups is 1. The van der Waals surface area contributed by atoms with Gasteiger partial charge in [0.25, 0.3) is 0 Å². The number of thioether (sulfide) groups is 1. The van der Waals surface area contributed by atoms with E-state index in [1.807, 2.05) is 13.8 Å². The summed E-state index contributed by atoms with van der Waals surface area (Å²) in [4.78, 5) is 28.6. The van der Waals surface area contributed by atoms with Crippen LogP contribution in [0.2, 0.25) is 0 Å². The largest absolute Gasteiger partial charge is 0.493 e. The van der Waals surface area contributed by atoms with Crippen molar-refractivity contribution in [3.8, 4) is 11.5 Å². The minimum Gasteiger partial charge on any atom is -0.493 e. The van der Waals surface area contributed by atoms with Gasteiger partial charge in [-0.1, -0.05) is 18.7 Å². The molecule has 1 heterocycles. The molecule has 2 rings (SSSR count). The topological polar surface area (TPSA) is 89.0 Å². The van der Waals surface area contributed by atoms with E-state index in [0.29, 0.717) is 22.4 Å². The maximum Gasteiger partial charge on any atom is 0.240 e. The Morgan fingerprint density at radius 2 is 2.08 bits per heavy atom. The Bertz CT molecular complexity index is 678. The van der Waals surface area contributed by atoms with Crippen molar-refractivity contribution in [1.82, 2.24) is 5.32 Å². The lowest BCUT2D eigenvalue weighted by Crippen LogP contribution is -2.28. The molecule has 1 aliphatic rings. The zero-order valence-electron chi connectivity index (χ0n) is 14.8. The van der Waals surface area contributed by atoms with Crippen molar-refractivity contribution in [2.75, 3.05) is 19.5 Å². The number of rotatable bonds is 7. The number of ether oxygens (including phenoxy) is 2. The third-order valence-corrected chi connectivity index (χ3v) is 4.84. The molecule has 2 amide bonds. The maximum absolute atomic E-state index is 12.2. The molecule has 2 atom stereocenters. The Kier molecular flexibility index (Phi) is 6.69. The highest BCUT2D eigenvalue weighted by Gasteiger charge is 2.32. The van der Waals surface area contributed by atoms with E-state index >= 15 is 0 Å². The summed E-state index contributed by atoms with van der Waals surface area (Å²) in [5.74, 6) is 0.674. The van der Waals surface area contributed by atoms with Crippen LogP contribution in [0.25, 0.3) is 0 Å². The van der Waals surface area contributed by atoms with E-state index in [-0.39, 0.29) is 24.3 Å². The second-order valence-corrected chi connectivity index (χ2v) is 6.80. The highest BCUT2D eigenvalue weighted by atomic mass is 32.2. The van der Waals surface area contributed by atoms with E-state index in [1.54, 1.807) is 25.3 Å². The van der Waals surface area contributed by atoms with E-state index in [2.05, 4.69) is 15.6 Å². The van der Waals surface area contributed by atoms with Crippen molar-refractivity contribution in [2.24, 2.45) is 4.99 Å². The van der Waals surface area contributed by atoms with Gasteiger partial charge < -0.3 is 20.1 Å². The fourth-order valence-corrected chi connectivity index (χ4v) is 3.26. The maximum atomic E-state index is 12.2. The molecular formula is C17H23N3O4S. The molecule has 0 radical (unpaired) electrons. The third kappa shape index (κ3) is 5.12. The highest BCUT2D eigenvalue weighted by molar-refractivity contribution is 8.15. The van der Waals surface area contributed by atoms with Gasteiger partial charge in [-0.25, -0.2) is 0 Å². The Morgan fingerprint density at radius 1 is 1.36 bits per heavy atom. The molecule has 1 aliphatic heterocycles. The van der Waals surface area contributed by atoms with Gasteiger partial charge in [0.1, 0.15) is 5.25 Å². The van der Waals surface area contributed by atoms with E-state index in [4.69, 9.17) is 9.47 Å². The van der Waals surface area contributed by atoms with Crippen LogP contribution in [0.5, 0.6) is 11.5 Å². The van der Waals surface area contributed by atoms with Crippen molar-refractivity contribution in [3.05, 3.63) is 18.2 Å². The average Bonchev–Trinajstić information content (AvgIpc) is 2.93. The molecule has 0 unspecified atom stereocenters. The molecule has 0 spiro atoms. The number of aliphatic imine (C=N–C) groups is 1. The van der Waals surface area contributed by atoms with Crippen LogP contribution in [-0.2, 0) is 9.59 Å². The van der Waals surface area contributed by atoms with Gasteiger partial charge in [0, 0.05) is 24.2 Å². The summed E-state index contributed by atoms with van der Waals surface area (Å²) in [6, 6.07) is 5.25. The number of carbonyl (C=O) groups excluding carboxylic acids is 2. The molecule has 2 N–H and O–H groups in total. The molecule has 0 aromatic heterocycles. The summed E-state index contributed by atoms with van der Waals surface area (Å²) in [5.41, 5.74) is 0.583. The normalized spacial score (nSPS) is 19.4. The second kappa shape index (κ2) is 8.75. The molecule has 1 saturated heterocycles. The molecule has 136 valence electrons. The monoisotopic (exact) mass is 365 g/mol. The zero-order chi connectivity index (χ0) is 18.4. The van der Waals surface area contributed by atoms with Gasteiger partial charge in [0.15, 0.2) is 16.7 Å². The molecule has 8 heteroatoms. The molecule has 7 nitrogen and oxygen atoms in total. The number of hydrogen-bond acceptors (Lipinski definition) is 6.